The monoisotopic (exact) mass is 239 g/mol. The van der Waals surface area contributed by atoms with E-state index in [1.807, 2.05) is 20.8 Å². The van der Waals surface area contributed by atoms with Gasteiger partial charge in [0.05, 0.1) is 5.60 Å². The molecule has 0 radical (unpaired) electrons. The predicted molar refractivity (Wildman–Crippen MR) is 68.3 cm³/mol. The molecule has 0 saturated carbocycles. The Kier molecular flexibility index (Phi) is 5.09. The van der Waals surface area contributed by atoms with E-state index in [1.165, 1.54) is 12.1 Å². The highest BCUT2D eigenvalue weighted by Crippen LogP contribution is 2.17. The lowest BCUT2D eigenvalue weighted by Crippen LogP contribution is -2.40. The molecule has 96 valence electrons. The first-order chi connectivity index (χ1) is 8.00. The Labute approximate surface area is 103 Å². The van der Waals surface area contributed by atoms with Gasteiger partial charge in [-0.1, -0.05) is 26.0 Å². The van der Waals surface area contributed by atoms with Crippen LogP contribution in [-0.2, 0) is 0 Å². The fourth-order valence-corrected chi connectivity index (χ4v) is 1.71. The number of rotatable bonds is 6. The molecule has 1 aromatic carbocycles. The van der Waals surface area contributed by atoms with Crippen LogP contribution in [0, 0.1) is 5.82 Å². The average molecular weight is 239 g/mol. The van der Waals surface area contributed by atoms with Crippen LogP contribution in [0.5, 0.6) is 0 Å². The summed E-state index contributed by atoms with van der Waals surface area (Å²) < 4.78 is 12.8. The molecule has 0 amide bonds. The van der Waals surface area contributed by atoms with E-state index in [4.69, 9.17) is 0 Å². The van der Waals surface area contributed by atoms with Crippen molar-refractivity contribution in [3.8, 4) is 0 Å². The maximum atomic E-state index is 12.8. The number of halogens is 1. The first-order valence-electron chi connectivity index (χ1n) is 6.22. The van der Waals surface area contributed by atoms with Crippen LogP contribution >= 0.6 is 0 Å². The molecule has 0 fully saturated rings. The topological polar surface area (TPSA) is 32.3 Å². The van der Waals surface area contributed by atoms with Gasteiger partial charge in [0.25, 0.3) is 0 Å². The van der Waals surface area contributed by atoms with E-state index in [2.05, 4.69) is 5.32 Å². The zero-order valence-electron chi connectivity index (χ0n) is 10.8. The second-order valence-corrected chi connectivity index (χ2v) is 4.59. The van der Waals surface area contributed by atoms with Crippen LogP contribution in [0.4, 0.5) is 4.39 Å². The van der Waals surface area contributed by atoms with Crippen molar-refractivity contribution in [1.29, 1.82) is 0 Å². The van der Waals surface area contributed by atoms with E-state index in [0.717, 1.165) is 18.4 Å². The van der Waals surface area contributed by atoms with Crippen LogP contribution in [0.15, 0.2) is 24.3 Å². The molecule has 17 heavy (non-hydrogen) atoms. The van der Waals surface area contributed by atoms with Crippen LogP contribution < -0.4 is 5.32 Å². The lowest BCUT2D eigenvalue weighted by atomic mass is 9.96. The lowest BCUT2D eigenvalue weighted by Gasteiger charge is -2.27. The normalized spacial score (nSPS) is 13.7. The van der Waals surface area contributed by atoms with Crippen molar-refractivity contribution in [3.63, 3.8) is 0 Å². The second kappa shape index (κ2) is 6.12. The van der Waals surface area contributed by atoms with Crippen molar-refractivity contribution < 1.29 is 9.50 Å². The minimum absolute atomic E-state index is 0.111. The van der Waals surface area contributed by atoms with Crippen molar-refractivity contribution in [2.75, 3.05) is 6.54 Å². The Balaban J connectivity index is 2.55. The molecular formula is C14H22FNO. The van der Waals surface area contributed by atoms with E-state index >= 15 is 0 Å². The van der Waals surface area contributed by atoms with Crippen LogP contribution in [0.3, 0.4) is 0 Å². The first kappa shape index (κ1) is 14.1. The SMILES string of the molecule is CCC(O)(CC)CN[C@@H](C)c1ccc(F)cc1. The van der Waals surface area contributed by atoms with E-state index in [0.29, 0.717) is 6.54 Å². The number of benzene rings is 1. The predicted octanol–water partition coefficient (Wildman–Crippen LogP) is 3.03. The van der Waals surface area contributed by atoms with Gasteiger partial charge in [-0.15, -0.1) is 0 Å². The van der Waals surface area contributed by atoms with Gasteiger partial charge in [0, 0.05) is 12.6 Å². The third kappa shape index (κ3) is 4.10. The van der Waals surface area contributed by atoms with Crippen molar-refractivity contribution in [2.24, 2.45) is 0 Å². The highest BCUT2D eigenvalue weighted by Gasteiger charge is 2.22. The summed E-state index contributed by atoms with van der Waals surface area (Å²) in [6, 6.07) is 6.56. The number of hydrogen-bond acceptors (Lipinski definition) is 2. The van der Waals surface area contributed by atoms with Crippen LogP contribution in [-0.4, -0.2) is 17.3 Å². The van der Waals surface area contributed by atoms with Crippen molar-refractivity contribution >= 4 is 0 Å². The van der Waals surface area contributed by atoms with Gasteiger partial charge in [0.2, 0.25) is 0 Å². The summed E-state index contributed by atoms with van der Waals surface area (Å²) in [5.41, 5.74) is 0.384. The molecule has 0 unspecified atom stereocenters. The van der Waals surface area contributed by atoms with Gasteiger partial charge in [0.15, 0.2) is 0 Å². The summed E-state index contributed by atoms with van der Waals surface area (Å²) in [6.45, 7) is 6.53. The Morgan fingerprint density at radius 2 is 1.76 bits per heavy atom. The summed E-state index contributed by atoms with van der Waals surface area (Å²) in [5.74, 6) is -0.223. The van der Waals surface area contributed by atoms with Crippen LogP contribution in [0.1, 0.15) is 45.2 Å². The van der Waals surface area contributed by atoms with Gasteiger partial charge in [-0.25, -0.2) is 4.39 Å². The molecule has 1 rings (SSSR count). The fourth-order valence-electron chi connectivity index (χ4n) is 1.71. The quantitative estimate of drug-likeness (QED) is 0.799. The maximum absolute atomic E-state index is 12.8. The van der Waals surface area contributed by atoms with Gasteiger partial charge in [-0.05, 0) is 37.5 Å². The summed E-state index contributed by atoms with van der Waals surface area (Å²) in [5, 5.41) is 13.4. The third-order valence-electron chi connectivity index (χ3n) is 3.42. The van der Waals surface area contributed by atoms with Gasteiger partial charge in [-0.3, -0.25) is 0 Å². The van der Waals surface area contributed by atoms with E-state index in [1.54, 1.807) is 12.1 Å². The minimum atomic E-state index is -0.645. The smallest absolute Gasteiger partial charge is 0.123 e. The Hall–Kier alpha value is -0.930. The molecule has 1 atom stereocenters. The minimum Gasteiger partial charge on any atom is -0.389 e. The molecule has 2 N–H and O–H groups in total. The zero-order chi connectivity index (χ0) is 12.9. The molecule has 0 aliphatic carbocycles. The Morgan fingerprint density at radius 1 is 1.24 bits per heavy atom. The summed E-state index contributed by atoms with van der Waals surface area (Å²) in [4.78, 5) is 0. The Bertz CT molecular complexity index is 333. The largest absolute Gasteiger partial charge is 0.389 e. The van der Waals surface area contributed by atoms with E-state index in [-0.39, 0.29) is 11.9 Å². The van der Waals surface area contributed by atoms with Crippen LogP contribution in [0.2, 0.25) is 0 Å². The van der Waals surface area contributed by atoms with Crippen LogP contribution in [0.25, 0.3) is 0 Å². The summed E-state index contributed by atoms with van der Waals surface area (Å²) in [6.07, 6.45) is 1.46. The third-order valence-corrected chi connectivity index (χ3v) is 3.42. The molecule has 0 aliphatic rings. The highest BCUT2D eigenvalue weighted by atomic mass is 19.1. The maximum Gasteiger partial charge on any atom is 0.123 e. The highest BCUT2D eigenvalue weighted by molar-refractivity contribution is 5.19. The van der Waals surface area contributed by atoms with Crippen molar-refractivity contribution in [2.45, 2.75) is 45.3 Å². The molecular weight excluding hydrogens is 217 g/mol. The van der Waals surface area contributed by atoms with E-state index in [9.17, 15) is 9.50 Å². The standard InChI is InChI=1S/C14H22FNO/c1-4-14(17,5-2)10-16-11(3)12-6-8-13(15)9-7-12/h6-9,11,16-17H,4-5,10H2,1-3H3/t11-/m0/s1. The molecule has 1 aromatic rings. The molecule has 0 spiro atoms. The first-order valence-corrected chi connectivity index (χ1v) is 6.22. The molecule has 0 saturated heterocycles. The average Bonchev–Trinajstić information content (AvgIpc) is 2.36. The molecule has 0 heterocycles. The van der Waals surface area contributed by atoms with Crippen molar-refractivity contribution in [1.82, 2.24) is 5.32 Å². The zero-order valence-corrected chi connectivity index (χ0v) is 10.8. The molecule has 0 aromatic heterocycles. The van der Waals surface area contributed by atoms with Gasteiger partial charge < -0.3 is 10.4 Å². The van der Waals surface area contributed by atoms with Gasteiger partial charge >= 0.3 is 0 Å². The van der Waals surface area contributed by atoms with Gasteiger partial charge in [0.1, 0.15) is 5.82 Å². The number of nitrogens with one attached hydrogen (secondary N) is 1. The number of aliphatic hydroxyl groups is 1. The molecule has 2 nitrogen and oxygen atoms in total. The number of hydrogen-bond donors (Lipinski definition) is 2. The Morgan fingerprint density at radius 3 is 2.24 bits per heavy atom. The summed E-state index contributed by atoms with van der Waals surface area (Å²) >= 11 is 0. The lowest BCUT2D eigenvalue weighted by molar-refractivity contribution is 0.0303. The second-order valence-electron chi connectivity index (χ2n) is 4.59. The molecule has 3 heteroatoms. The molecule has 0 bridgehead atoms. The van der Waals surface area contributed by atoms with Crippen molar-refractivity contribution in [3.05, 3.63) is 35.6 Å². The summed E-state index contributed by atoms with van der Waals surface area (Å²) in [7, 11) is 0. The molecule has 0 aliphatic heterocycles. The fraction of sp³-hybridized carbons (Fsp3) is 0.571. The van der Waals surface area contributed by atoms with Gasteiger partial charge in [-0.2, -0.15) is 0 Å². The van der Waals surface area contributed by atoms with E-state index < -0.39 is 5.60 Å².